The van der Waals surface area contributed by atoms with E-state index in [0.29, 0.717) is 0 Å². The van der Waals surface area contributed by atoms with Crippen LogP contribution in [0, 0.1) is 13.8 Å². The summed E-state index contributed by atoms with van der Waals surface area (Å²) in [6.07, 6.45) is 2.12. The van der Waals surface area contributed by atoms with E-state index in [-0.39, 0.29) is 0 Å². The maximum atomic E-state index is 2.15. The number of benzene rings is 1. The molecule has 1 heteroatoms. The fraction of sp³-hybridized carbons (Fsp3) is 0.333. The van der Waals surface area contributed by atoms with Crippen molar-refractivity contribution in [1.29, 1.82) is 0 Å². The fourth-order valence-electron chi connectivity index (χ4n) is 1.12. The van der Waals surface area contributed by atoms with Gasteiger partial charge in [-0.05, 0) is 31.2 Å². The van der Waals surface area contributed by atoms with E-state index < -0.39 is 0 Å². The van der Waals surface area contributed by atoms with Crippen LogP contribution in [0.5, 0.6) is 0 Å². The highest BCUT2D eigenvalue weighted by molar-refractivity contribution is 7.98. The molecular weight excluding hydrogens is 140 g/mol. The van der Waals surface area contributed by atoms with Gasteiger partial charge >= 0.3 is 0 Å². The van der Waals surface area contributed by atoms with Gasteiger partial charge in [0.25, 0.3) is 0 Å². The Morgan fingerprint density at radius 1 is 1.10 bits per heavy atom. The summed E-state index contributed by atoms with van der Waals surface area (Å²) in [5.41, 5.74) is 2.76. The lowest BCUT2D eigenvalue weighted by Crippen LogP contribution is -1.81. The monoisotopic (exact) mass is 152 g/mol. The Kier molecular flexibility index (Phi) is 2.39. The maximum absolute atomic E-state index is 2.15. The van der Waals surface area contributed by atoms with Crippen LogP contribution in [-0.2, 0) is 0 Å². The van der Waals surface area contributed by atoms with Crippen molar-refractivity contribution in [1.82, 2.24) is 0 Å². The lowest BCUT2D eigenvalue weighted by atomic mass is 10.2. The van der Waals surface area contributed by atoms with Gasteiger partial charge in [-0.15, -0.1) is 11.8 Å². The summed E-state index contributed by atoms with van der Waals surface area (Å²) in [5.74, 6) is 0. The Morgan fingerprint density at radius 2 is 1.60 bits per heavy atom. The molecule has 0 radical (unpaired) electrons. The summed E-state index contributed by atoms with van der Waals surface area (Å²) >= 11 is 1.82. The normalized spacial score (nSPS) is 9.90. The molecule has 0 N–H and O–H groups in total. The Hall–Kier alpha value is -0.430. The fourth-order valence-corrected chi connectivity index (χ4v) is 1.90. The van der Waals surface area contributed by atoms with Crippen molar-refractivity contribution in [3.8, 4) is 0 Å². The van der Waals surface area contributed by atoms with E-state index in [1.165, 1.54) is 16.0 Å². The molecule has 0 saturated heterocycles. The van der Waals surface area contributed by atoms with Crippen LogP contribution in [0.2, 0.25) is 0 Å². The molecule has 0 saturated carbocycles. The molecule has 1 rings (SSSR count). The topological polar surface area (TPSA) is 0 Å². The summed E-state index contributed by atoms with van der Waals surface area (Å²) in [7, 11) is 0. The van der Waals surface area contributed by atoms with E-state index in [0.717, 1.165) is 0 Å². The zero-order valence-corrected chi connectivity index (χ0v) is 7.46. The molecule has 0 aliphatic heterocycles. The van der Waals surface area contributed by atoms with Gasteiger partial charge in [-0.25, -0.2) is 0 Å². The van der Waals surface area contributed by atoms with Gasteiger partial charge in [0.05, 0.1) is 0 Å². The zero-order chi connectivity index (χ0) is 7.56. The van der Waals surface area contributed by atoms with Crippen LogP contribution in [0.4, 0.5) is 0 Å². The smallest absolute Gasteiger partial charge is 0.0128 e. The molecule has 0 amide bonds. The van der Waals surface area contributed by atoms with Gasteiger partial charge in [-0.1, -0.05) is 18.2 Å². The average molecular weight is 152 g/mol. The zero-order valence-electron chi connectivity index (χ0n) is 6.64. The van der Waals surface area contributed by atoms with Crippen LogP contribution in [0.25, 0.3) is 0 Å². The molecule has 0 heterocycles. The lowest BCUT2D eigenvalue weighted by Gasteiger charge is -2.04. The molecule has 1 aromatic carbocycles. The summed E-state index contributed by atoms with van der Waals surface area (Å²) in [4.78, 5) is 1.42. The first-order valence-corrected chi connectivity index (χ1v) is 4.58. The Labute approximate surface area is 66.6 Å². The van der Waals surface area contributed by atoms with Crippen LogP contribution in [0.3, 0.4) is 0 Å². The summed E-state index contributed by atoms with van der Waals surface area (Å²) in [6.45, 7) is 4.30. The summed E-state index contributed by atoms with van der Waals surface area (Å²) < 4.78 is 0. The second kappa shape index (κ2) is 3.11. The van der Waals surface area contributed by atoms with Gasteiger partial charge in [0, 0.05) is 4.90 Å². The predicted molar refractivity (Wildman–Crippen MR) is 47.7 cm³/mol. The molecule has 1 aromatic rings. The molecule has 54 valence electrons. The number of hydrogen-bond acceptors (Lipinski definition) is 1. The van der Waals surface area contributed by atoms with Crippen LogP contribution >= 0.6 is 11.8 Å². The third kappa shape index (κ3) is 1.35. The van der Waals surface area contributed by atoms with E-state index in [9.17, 15) is 0 Å². The largest absolute Gasteiger partial charge is 0.129 e. The van der Waals surface area contributed by atoms with Crippen LogP contribution in [0.15, 0.2) is 23.1 Å². The predicted octanol–water partition coefficient (Wildman–Crippen LogP) is 3.03. The summed E-state index contributed by atoms with van der Waals surface area (Å²) in [5, 5.41) is 0. The van der Waals surface area contributed by atoms with Gasteiger partial charge in [0.2, 0.25) is 0 Å². The quantitative estimate of drug-likeness (QED) is 0.557. The molecule has 0 aliphatic carbocycles. The molecular formula is C9H12S. The lowest BCUT2D eigenvalue weighted by molar-refractivity contribution is 1.22. The minimum Gasteiger partial charge on any atom is -0.129 e. The van der Waals surface area contributed by atoms with Crippen molar-refractivity contribution in [2.24, 2.45) is 0 Å². The van der Waals surface area contributed by atoms with Gasteiger partial charge in [-0.2, -0.15) is 0 Å². The number of aryl methyl sites for hydroxylation is 2. The van der Waals surface area contributed by atoms with E-state index in [1.807, 2.05) is 11.8 Å². The minimum atomic E-state index is 1.38. The molecule has 0 spiro atoms. The Bertz CT molecular complexity index is 208. The van der Waals surface area contributed by atoms with Gasteiger partial charge in [-0.3, -0.25) is 0 Å². The first-order valence-electron chi connectivity index (χ1n) is 3.36. The Balaban J connectivity index is 3.17. The molecule has 10 heavy (non-hydrogen) atoms. The van der Waals surface area contributed by atoms with Crippen LogP contribution in [0.1, 0.15) is 11.1 Å². The SMILES string of the molecule is CSc1c(C)cccc1C. The highest BCUT2D eigenvalue weighted by atomic mass is 32.2. The van der Waals surface area contributed by atoms with Crippen molar-refractivity contribution in [3.05, 3.63) is 29.3 Å². The van der Waals surface area contributed by atoms with Gasteiger partial charge in [0.1, 0.15) is 0 Å². The first kappa shape index (κ1) is 7.67. The molecule has 0 nitrogen and oxygen atoms in total. The highest BCUT2D eigenvalue weighted by Crippen LogP contribution is 2.22. The highest BCUT2D eigenvalue weighted by Gasteiger charge is 1.97. The third-order valence-corrected chi connectivity index (χ3v) is 2.67. The van der Waals surface area contributed by atoms with Crippen LogP contribution in [-0.4, -0.2) is 6.26 Å². The van der Waals surface area contributed by atoms with Gasteiger partial charge in [0.15, 0.2) is 0 Å². The van der Waals surface area contributed by atoms with Crippen molar-refractivity contribution in [2.75, 3.05) is 6.26 Å². The van der Waals surface area contributed by atoms with Gasteiger partial charge < -0.3 is 0 Å². The summed E-state index contributed by atoms with van der Waals surface area (Å²) in [6, 6.07) is 6.40. The number of rotatable bonds is 1. The van der Waals surface area contributed by atoms with Crippen molar-refractivity contribution >= 4 is 11.8 Å². The van der Waals surface area contributed by atoms with Crippen molar-refractivity contribution < 1.29 is 0 Å². The Morgan fingerprint density at radius 3 is 1.90 bits per heavy atom. The van der Waals surface area contributed by atoms with E-state index in [1.54, 1.807) is 0 Å². The minimum absolute atomic E-state index is 1.38. The first-order chi connectivity index (χ1) is 4.75. The number of thioether (sulfide) groups is 1. The maximum Gasteiger partial charge on any atom is 0.0128 e. The standard InChI is InChI=1S/C9H12S/c1-7-5-4-6-8(2)9(7)10-3/h4-6H,1-3H3. The van der Waals surface area contributed by atoms with E-state index >= 15 is 0 Å². The molecule has 0 fully saturated rings. The molecule has 0 unspecified atom stereocenters. The molecule has 0 atom stereocenters. The molecule has 0 aromatic heterocycles. The van der Waals surface area contributed by atoms with Crippen LogP contribution < -0.4 is 0 Å². The number of hydrogen-bond donors (Lipinski definition) is 0. The van der Waals surface area contributed by atoms with E-state index in [2.05, 4.69) is 38.3 Å². The van der Waals surface area contributed by atoms with Crippen molar-refractivity contribution in [3.63, 3.8) is 0 Å². The van der Waals surface area contributed by atoms with Crippen molar-refractivity contribution in [2.45, 2.75) is 18.7 Å². The average Bonchev–Trinajstić information content (AvgIpc) is 1.88. The van der Waals surface area contributed by atoms with E-state index in [4.69, 9.17) is 0 Å². The second-order valence-corrected chi connectivity index (χ2v) is 3.24. The third-order valence-electron chi connectivity index (χ3n) is 1.61. The second-order valence-electron chi connectivity index (χ2n) is 2.43. The molecule has 0 aliphatic rings. The molecule has 0 bridgehead atoms.